The monoisotopic (exact) mass is 260 g/mol. The van der Waals surface area contributed by atoms with Gasteiger partial charge in [-0.15, -0.1) is 0 Å². The van der Waals surface area contributed by atoms with Crippen molar-refractivity contribution in [3.8, 4) is 0 Å². The van der Waals surface area contributed by atoms with E-state index in [1.807, 2.05) is 0 Å². The molecule has 0 radical (unpaired) electrons. The molecule has 0 aromatic heterocycles. The van der Waals surface area contributed by atoms with E-state index in [4.69, 9.17) is 14.2 Å². The maximum Gasteiger partial charge on any atom is 0.341 e. The van der Waals surface area contributed by atoms with Crippen LogP contribution in [0, 0.1) is 0 Å². The molecule has 0 spiro atoms. The molecule has 0 aromatic rings. The molecule has 0 aliphatic carbocycles. The number of rotatable bonds is 6. The summed E-state index contributed by atoms with van der Waals surface area (Å²) in [4.78, 5) is 34.5. The summed E-state index contributed by atoms with van der Waals surface area (Å²) < 4.78 is 19.2. The Morgan fingerprint density at radius 1 is 1.17 bits per heavy atom. The van der Waals surface area contributed by atoms with Crippen LogP contribution in [-0.2, 0) is 33.3 Å². The highest BCUT2D eigenvalue weighted by atomic mass is 16.7. The highest BCUT2D eigenvalue weighted by Gasteiger charge is 2.50. The van der Waals surface area contributed by atoms with Crippen molar-refractivity contribution in [3.05, 3.63) is 0 Å². The number of esters is 3. The van der Waals surface area contributed by atoms with Gasteiger partial charge in [-0.05, 0) is 13.8 Å². The molecular weight excluding hydrogens is 244 g/mol. The largest absolute Gasteiger partial charge is 0.466 e. The SMILES string of the molecule is CCOC(=O)CC1(CC(=O)OCC)OCOC1=O. The van der Waals surface area contributed by atoms with Crippen LogP contribution < -0.4 is 0 Å². The first-order valence-electron chi connectivity index (χ1n) is 5.66. The number of ether oxygens (including phenoxy) is 4. The predicted octanol–water partition coefficient (Wildman–Crippen LogP) is 0.162. The molecule has 1 rings (SSSR count). The van der Waals surface area contributed by atoms with E-state index in [-0.39, 0.29) is 32.8 Å². The fraction of sp³-hybridized carbons (Fsp3) is 0.727. The van der Waals surface area contributed by atoms with Crippen LogP contribution in [0.2, 0.25) is 0 Å². The number of hydrogen-bond acceptors (Lipinski definition) is 7. The Kier molecular flexibility index (Phi) is 5.08. The molecule has 0 N–H and O–H groups in total. The molecule has 0 aromatic carbocycles. The van der Waals surface area contributed by atoms with E-state index in [1.54, 1.807) is 13.8 Å². The molecule has 0 amide bonds. The van der Waals surface area contributed by atoms with Crippen molar-refractivity contribution < 1.29 is 33.3 Å². The molecule has 1 heterocycles. The first kappa shape index (κ1) is 14.4. The molecule has 7 nitrogen and oxygen atoms in total. The van der Waals surface area contributed by atoms with Crippen molar-refractivity contribution in [3.63, 3.8) is 0 Å². The van der Waals surface area contributed by atoms with Gasteiger partial charge in [0.1, 0.15) is 0 Å². The molecule has 1 aliphatic rings. The molecule has 1 fully saturated rings. The van der Waals surface area contributed by atoms with Crippen LogP contribution >= 0.6 is 0 Å². The summed E-state index contributed by atoms with van der Waals surface area (Å²) in [5.41, 5.74) is -1.61. The molecule has 1 saturated heterocycles. The van der Waals surface area contributed by atoms with Gasteiger partial charge >= 0.3 is 17.9 Å². The first-order valence-corrected chi connectivity index (χ1v) is 5.66. The van der Waals surface area contributed by atoms with Crippen LogP contribution in [0.1, 0.15) is 26.7 Å². The Morgan fingerprint density at radius 2 is 1.67 bits per heavy atom. The standard InChI is InChI=1S/C11H16O7/c1-3-15-8(12)5-11(6-9(13)16-4-2)10(14)17-7-18-11/h3-7H2,1-2H3. The highest BCUT2D eigenvalue weighted by molar-refractivity contribution is 5.91. The van der Waals surface area contributed by atoms with E-state index in [9.17, 15) is 14.4 Å². The van der Waals surface area contributed by atoms with E-state index in [0.29, 0.717) is 0 Å². The molecule has 18 heavy (non-hydrogen) atoms. The zero-order chi connectivity index (χ0) is 13.6. The lowest BCUT2D eigenvalue weighted by molar-refractivity contribution is -0.162. The lowest BCUT2D eigenvalue weighted by Crippen LogP contribution is -2.41. The van der Waals surface area contributed by atoms with Gasteiger partial charge in [0.25, 0.3) is 0 Å². The van der Waals surface area contributed by atoms with Crippen molar-refractivity contribution in [1.82, 2.24) is 0 Å². The predicted molar refractivity (Wildman–Crippen MR) is 57.3 cm³/mol. The van der Waals surface area contributed by atoms with Crippen LogP contribution in [0.5, 0.6) is 0 Å². The Bertz CT molecular complexity index is 316. The number of carbonyl (C=O) groups excluding carboxylic acids is 3. The average molecular weight is 260 g/mol. The van der Waals surface area contributed by atoms with Gasteiger partial charge in [0.15, 0.2) is 12.4 Å². The van der Waals surface area contributed by atoms with E-state index < -0.39 is 23.5 Å². The maximum atomic E-state index is 11.6. The second-order valence-corrected chi connectivity index (χ2v) is 3.65. The Morgan fingerprint density at radius 3 is 2.00 bits per heavy atom. The topological polar surface area (TPSA) is 88.1 Å². The van der Waals surface area contributed by atoms with Gasteiger partial charge in [0, 0.05) is 0 Å². The molecule has 102 valence electrons. The van der Waals surface area contributed by atoms with Gasteiger partial charge in [0.2, 0.25) is 0 Å². The summed E-state index contributed by atoms with van der Waals surface area (Å²) in [5, 5.41) is 0. The van der Waals surface area contributed by atoms with Crippen molar-refractivity contribution >= 4 is 17.9 Å². The van der Waals surface area contributed by atoms with Crippen LogP contribution in [0.15, 0.2) is 0 Å². The normalized spacial score (nSPS) is 17.1. The third kappa shape index (κ3) is 3.43. The lowest BCUT2D eigenvalue weighted by atomic mass is 9.96. The number of cyclic esters (lactones) is 1. The average Bonchev–Trinajstić information content (AvgIpc) is 2.60. The number of hydrogen-bond donors (Lipinski definition) is 0. The van der Waals surface area contributed by atoms with Crippen LogP contribution in [0.4, 0.5) is 0 Å². The van der Waals surface area contributed by atoms with Crippen LogP contribution in [-0.4, -0.2) is 43.5 Å². The maximum absolute atomic E-state index is 11.6. The van der Waals surface area contributed by atoms with Crippen LogP contribution in [0.25, 0.3) is 0 Å². The van der Waals surface area contributed by atoms with Crippen molar-refractivity contribution in [2.45, 2.75) is 32.3 Å². The van der Waals surface area contributed by atoms with Gasteiger partial charge in [-0.3, -0.25) is 9.59 Å². The fourth-order valence-corrected chi connectivity index (χ4v) is 1.59. The summed E-state index contributed by atoms with van der Waals surface area (Å²) in [5.74, 6) is -2.00. The Labute approximate surface area is 104 Å². The van der Waals surface area contributed by atoms with Gasteiger partial charge in [-0.25, -0.2) is 4.79 Å². The van der Waals surface area contributed by atoms with Crippen molar-refractivity contribution in [2.24, 2.45) is 0 Å². The van der Waals surface area contributed by atoms with Crippen molar-refractivity contribution in [2.75, 3.05) is 20.0 Å². The summed E-state index contributed by atoms with van der Waals surface area (Å²) in [6.45, 7) is 3.37. The minimum absolute atomic E-state index is 0.184. The summed E-state index contributed by atoms with van der Waals surface area (Å²) >= 11 is 0. The van der Waals surface area contributed by atoms with Gasteiger partial charge in [-0.1, -0.05) is 0 Å². The second kappa shape index (κ2) is 6.34. The molecule has 0 unspecified atom stereocenters. The molecule has 0 atom stereocenters. The molecule has 0 bridgehead atoms. The lowest BCUT2D eigenvalue weighted by Gasteiger charge is -2.21. The summed E-state index contributed by atoms with van der Waals surface area (Å²) in [6.07, 6.45) is -0.725. The quantitative estimate of drug-likeness (QED) is 0.496. The van der Waals surface area contributed by atoms with Crippen molar-refractivity contribution in [1.29, 1.82) is 0 Å². The highest BCUT2D eigenvalue weighted by Crippen LogP contribution is 2.29. The van der Waals surface area contributed by atoms with E-state index in [1.165, 1.54) is 0 Å². The zero-order valence-electron chi connectivity index (χ0n) is 10.4. The third-order valence-corrected chi connectivity index (χ3v) is 2.37. The van der Waals surface area contributed by atoms with Gasteiger partial charge in [-0.2, -0.15) is 0 Å². The second-order valence-electron chi connectivity index (χ2n) is 3.65. The third-order valence-electron chi connectivity index (χ3n) is 2.37. The Hall–Kier alpha value is -1.63. The summed E-state index contributed by atoms with van der Waals surface area (Å²) in [6, 6.07) is 0. The van der Waals surface area contributed by atoms with Gasteiger partial charge in [0.05, 0.1) is 26.1 Å². The fourth-order valence-electron chi connectivity index (χ4n) is 1.59. The van der Waals surface area contributed by atoms with E-state index in [2.05, 4.69) is 4.74 Å². The molecule has 0 saturated carbocycles. The zero-order valence-corrected chi connectivity index (χ0v) is 10.4. The minimum atomic E-state index is -1.61. The van der Waals surface area contributed by atoms with Gasteiger partial charge < -0.3 is 18.9 Å². The molecule has 1 aliphatic heterocycles. The summed E-state index contributed by atoms with van der Waals surface area (Å²) in [7, 11) is 0. The van der Waals surface area contributed by atoms with E-state index in [0.717, 1.165) is 0 Å². The first-order chi connectivity index (χ1) is 8.54. The molecule has 7 heteroatoms. The smallest absolute Gasteiger partial charge is 0.341 e. The molecular formula is C11H16O7. The Balaban J connectivity index is 2.73. The minimum Gasteiger partial charge on any atom is -0.466 e. The number of carbonyl (C=O) groups is 3. The van der Waals surface area contributed by atoms with E-state index >= 15 is 0 Å². The van der Waals surface area contributed by atoms with Crippen LogP contribution in [0.3, 0.4) is 0 Å².